The van der Waals surface area contributed by atoms with Crippen LogP contribution in [0.1, 0.15) is 15.9 Å². The van der Waals surface area contributed by atoms with Gasteiger partial charge in [0.05, 0.1) is 5.69 Å². The third kappa shape index (κ3) is 2.96. The first-order chi connectivity index (χ1) is 12.1. The van der Waals surface area contributed by atoms with E-state index in [1.54, 1.807) is 30.1 Å². The van der Waals surface area contributed by atoms with E-state index in [1.165, 1.54) is 0 Å². The van der Waals surface area contributed by atoms with Crippen molar-refractivity contribution < 1.29 is 23.8 Å². The number of fused-ring (bicyclic) bond motifs is 2. The van der Waals surface area contributed by atoms with Gasteiger partial charge >= 0.3 is 0 Å². The molecule has 2 heterocycles. The number of ether oxygens (including phenoxy) is 3. The van der Waals surface area contributed by atoms with Crippen molar-refractivity contribution >= 4 is 17.5 Å². The second-order valence-corrected chi connectivity index (χ2v) is 5.90. The number of carbonyl (C=O) groups is 2. The van der Waals surface area contributed by atoms with E-state index in [1.807, 2.05) is 18.2 Å². The Kier molecular flexibility index (Phi) is 3.68. The van der Waals surface area contributed by atoms with Crippen LogP contribution < -0.4 is 19.5 Å². The minimum atomic E-state index is -0.202. The highest BCUT2D eigenvalue weighted by Gasteiger charge is 2.20. The SMILES string of the molecule is CN(Cc1ccc2c(c1)OCO2)C(=O)c1ccc2c(c1)OCC(=O)N2. The van der Waals surface area contributed by atoms with Gasteiger partial charge in [-0.05, 0) is 35.9 Å². The van der Waals surface area contributed by atoms with E-state index >= 15 is 0 Å². The summed E-state index contributed by atoms with van der Waals surface area (Å²) in [6.07, 6.45) is 0. The fourth-order valence-electron chi connectivity index (χ4n) is 2.81. The molecule has 25 heavy (non-hydrogen) atoms. The van der Waals surface area contributed by atoms with Crippen molar-refractivity contribution in [3.05, 3.63) is 47.5 Å². The molecule has 2 amide bonds. The van der Waals surface area contributed by atoms with E-state index in [0.717, 1.165) is 5.56 Å². The zero-order chi connectivity index (χ0) is 17.4. The first-order valence-corrected chi connectivity index (χ1v) is 7.81. The number of nitrogens with zero attached hydrogens (tertiary/aromatic N) is 1. The van der Waals surface area contributed by atoms with Crippen molar-refractivity contribution in [2.45, 2.75) is 6.54 Å². The summed E-state index contributed by atoms with van der Waals surface area (Å²) in [4.78, 5) is 25.6. The van der Waals surface area contributed by atoms with Crippen molar-refractivity contribution in [1.82, 2.24) is 4.90 Å². The smallest absolute Gasteiger partial charge is 0.262 e. The highest BCUT2D eigenvalue weighted by molar-refractivity contribution is 5.98. The van der Waals surface area contributed by atoms with Crippen LogP contribution in [0.3, 0.4) is 0 Å². The third-order valence-corrected chi connectivity index (χ3v) is 4.06. The molecule has 0 bridgehead atoms. The van der Waals surface area contributed by atoms with E-state index in [0.29, 0.717) is 35.0 Å². The standard InChI is InChI=1S/C18H16N2O5/c1-20(8-11-2-5-14-16(6-11)25-10-24-14)18(22)12-3-4-13-15(7-12)23-9-17(21)19-13/h2-7H,8-10H2,1H3,(H,19,21). The molecule has 2 aliphatic rings. The number of carbonyl (C=O) groups excluding carboxylic acids is 2. The summed E-state index contributed by atoms with van der Waals surface area (Å²) in [5, 5.41) is 2.70. The highest BCUT2D eigenvalue weighted by atomic mass is 16.7. The van der Waals surface area contributed by atoms with Gasteiger partial charge in [0, 0.05) is 19.2 Å². The molecule has 0 aliphatic carbocycles. The van der Waals surface area contributed by atoms with Crippen LogP contribution in [0.25, 0.3) is 0 Å². The molecule has 0 unspecified atom stereocenters. The molecule has 1 N–H and O–H groups in total. The van der Waals surface area contributed by atoms with Crippen LogP contribution >= 0.6 is 0 Å². The molecule has 0 saturated heterocycles. The Hall–Kier alpha value is -3.22. The van der Waals surface area contributed by atoms with E-state index in [4.69, 9.17) is 14.2 Å². The topological polar surface area (TPSA) is 77.1 Å². The molecule has 2 aromatic carbocycles. The summed E-state index contributed by atoms with van der Waals surface area (Å²) >= 11 is 0. The molecule has 7 nitrogen and oxygen atoms in total. The molecule has 0 aromatic heterocycles. The van der Waals surface area contributed by atoms with Crippen LogP contribution in [0.5, 0.6) is 17.2 Å². The quantitative estimate of drug-likeness (QED) is 0.925. The van der Waals surface area contributed by atoms with Crippen molar-refractivity contribution in [3.63, 3.8) is 0 Å². The summed E-state index contributed by atoms with van der Waals surface area (Å²) < 4.78 is 16.0. The van der Waals surface area contributed by atoms with Gasteiger partial charge < -0.3 is 24.4 Å². The van der Waals surface area contributed by atoms with Gasteiger partial charge in [0.2, 0.25) is 6.79 Å². The number of benzene rings is 2. The Balaban J connectivity index is 1.49. The largest absolute Gasteiger partial charge is 0.482 e. The van der Waals surface area contributed by atoms with Gasteiger partial charge in [-0.15, -0.1) is 0 Å². The molecule has 7 heteroatoms. The van der Waals surface area contributed by atoms with Gasteiger partial charge in [0.1, 0.15) is 5.75 Å². The molecule has 0 spiro atoms. The molecule has 0 saturated carbocycles. The lowest BCUT2D eigenvalue weighted by atomic mass is 10.1. The molecule has 128 valence electrons. The Morgan fingerprint density at radius 3 is 2.80 bits per heavy atom. The Morgan fingerprint density at radius 2 is 1.92 bits per heavy atom. The van der Waals surface area contributed by atoms with Crippen LogP contribution in [0.15, 0.2) is 36.4 Å². The van der Waals surface area contributed by atoms with Gasteiger partial charge in [0.15, 0.2) is 18.1 Å². The lowest BCUT2D eigenvalue weighted by Gasteiger charge is -2.21. The van der Waals surface area contributed by atoms with E-state index in [-0.39, 0.29) is 25.2 Å². The van der Waals surface area contributed by atoms with Gasteiger partial charge in [-0.1, -0.05) is 6.07 Å². The van der Waals surface area contributed by atoms with Crippen molar-refractivity contribution in [1.29, 1.82) is 0 Å². The van der Waals surface area contributed by atoms with Gasteiger partial charge in [-0.3, -0.25) is 9.59 Å². The molecule has 0 radical (unpaired) electrons. The predicted molar refractivity (Wildman–Crippen MR) is 88.9 cm³/mol. The number of amides is 2. The summed E-state index contributed by atoms with van der Waals surface area (Å²) in [5.41, 5.74) is 2.02. The van der Waals surface area contributed by atoms with Crippen LogP contribution in [0, 0.1) is 0 Å². The number of nitrogens with one attached hydrogen (secondary N) is 1. The molecule has 2 aromatic rings. The van der Waals surface area contributed by atoms with Crippen LogP contribution in [-0.4, -0.2) is 37.2 Å². The van der Waals surface area contributed by atoms with Crippen molar-refractivity contribution in [2.24, 2.45) is 0 Å². The van der Waals surface area contributed by atoms with E-state index in [9.17, 15) is 9.59 Å². The number of rotatable bonds is 3. The average Bonchev–Trinajstić information content (AvgIpc) is 3.08. The van der Waals surface area contributed by atoms with Gasteiger partial charge in [0.25, 0.3) is 11.8 Å². The second kappa shape index (κ2) is 6.01. The number of hydrogen-bond acceptors (Lipinski definition) is 5. The van der Waals surface area contributed by atoms with Crippen molar-refractivity contribution in [2.75, 3.05) is 25.8 Å². The summed E-state index contributed by atoms with van der Waals surface area (Å²) in [6.45, 7) is 0.612. The van der Waals surface area contributed by atoms with Crippen LogP contribution in [0.2, 0.25) is 0 Å². The highest BCUT2D eigenvalue weighted by Crippen LogP contribution is 2.33. The third-order valence-electron chi connectivity index (χ3n) is 4.06. The lowest BCUT2D eigenvalue weighted by Crippen LogP contribution is -2.28. The van der Waals surface area contributed by atoms with Gasteiger partial charge in [-0.25, -0.2) is 0 Å². The molecule has 4 rings (SSSR count). The molecular weight excluding hydrogens is 324 g/mol. The monoisotopic (exact) mass is 340 g/mol. The Bertz CT molecular complexity index is 865. The molecule has 0 fully saturated rings. The van der Waals surface area contributed by atoms with Crippen molar-refractivity contribution in [3.8, 4) is 17.2 Å². The summed E-state index contributed by atoms with van der Waals surface area (Å²) in [7, 11) is 1.73. The molecular formula is C18H16N2O5. The Labute approximate surface area is 144 Å². The predicted octanol–water partition coefficient (Wildman–Crippen LogP) is 2.02. The minimum absolute atomic E-state index is 0.0440. The summed E-state index contributed by atoms with van der Waals surface area (Å²) in [5.74, 6) is 1.57. The van der Waals surface area contributed by atoms with E-state index < -0.39 is 0 Å². The molecule has 0 atom stereocenters. The maximum atomic E-state index is 12.7. The second-order valence-electron chi connectivity index (χ2n) is 5.90. The zero-order valence-corrected chi connectivity index (χ0v) is 13.6. The summed E-state index contributed by atoms with van der Waals surface area (Å²) in [6, 6.07) is 10.6. The molecule has 2 aliphatic heterocycles. The average molecular weight is 340 g/mol. The zero-order valence-electron chi connectivity index (χ0n) is 13.6. The first-order valence-electron chi connectivity index (χ1n) is 7.81. The Morgan fingerprint density at radius 1 is 1.08 bits per heavy atom. The maximum Gasteiger partial charge on any atom is 0.262 e. The number of anilines is 1. The van der Waals surface area contributed by atoms with E-state index in [2.05, 4.69) is 5.32 Å². The van der Waals surface area contributed by atoms with Crippen LogP contribution in [0.4, 0.5) is 5.69 Å². The fourth-order valence-corrected chi connectivity index (χ4v) is 2.81. The number of hydrogen-bond donors (Lipinski definition) is 1. The minimum Gasteiger partial charge on any atom is -0.482 e. The maximum absolute atomic E-state index is 12.7. The normalized spacial score (nSPS) is 14.4. The fraction of sp³-hybridized carbons (Fsp3) is 0.222. The van der Waals surface area contributed by atoms with Crippen LogP contribution in [-0.2, 0) is 11.3 Å². The first kappa shape index (κ1) is 15.3. The van der Waals surface area contributed by atoms with Gasteiger partial charge in [-0.2, -0.15) is 0 Å². The lowest BCUT2D eigenvalue weighted by molar-refractivity contribution is -0.118.